The Morgan fingerprint density at radius 1 is 1.21 bits per heavy atom. The number of aromatic nitrogens is 3. The largest absolute Gasteiger partial charge is 0.381 e. The first-order valence-corrected chi connectivity index (χ1v) is 9.15. The Kier molecular flexibility index (Phi) is 6.44. The SMILES string of the molecule is Cl.Cn1c(=O)c(Cc2ccc(F)cc2F)cc2cnc(NC3CCOCC3)nc21. The van der Waals surface area contributed by atoms with Gasteiger partial charge in [0.1, 0.15) is 17.3 Å². The molecule has 0 spiro atoms. The van der Waals surface area contributed by atoms with E-state index in [2.05, 4.69) is 15.3 Å². The van der Waals surface area contributed by atoms with Crippen molar-refractivity contribution in [1.82, 2.24) is 14.5 Å². The first kappa shape index (κ1) is 21.1. The first-order valence-electron chi connectivity index (χ1n) is 9.15. The zero-order valence-corrected chi connectivity index (χ0v) is 16.6. The molecule has 1 N–H and O–H groups in total. The summed E-state index contributed by atoms with van der Waals surface area (Å²) in [4.78, 5) is 21.6. The Balaban J connectivity index is 0.00000240. The predicted molar refractivity (Wildman–Crippen MR) is 109 cm³/mol. The van der Waals surface area contributed by atoms with Crippen LogP contribution in [-0.2, 0) is 18.2 Å². The highest BCUT2D eigenvalue weighted by molar-refractivity contribution is 5.85. The summed E-state index contributed by atoms with van der Waals surface area (Å²) in [6, 6.07) is 5.26. The number of ether oxygens (including phenoxy) is 1. The fourth-order valence-corrected chi connectivity index (χ4v) is 3.40. The zero-order valence-electron chi connectivity index (χ0n) is 15.8. The summed E-state index contributed by atoms with van der Waals surface area (Å²) in [6.07, 6.45) is 3.47. The average Bonchev–Trinajstić information content (AvgIpc) is 2.69. The molecule has 0 unspecified atom stereocenters. The maximum Gasteiger partial charge on any atom is 0.255 e. The summed E-state index contributed by atoms with van der Waals surface area (Å²) < 4.78 is 33.9. The Bertz CT molecular complexity index is 1080. The number of nitrogens with zero attached hydrogens (tertiary/aromatic N) is 3. The average molecular weight is 423 g/mol. The minimum atomic E-state index is -0.672. The van der Waals surface area contributed by atoms with Crippen LogP contribution >= 0.6 is 12.4 Å². The van der Waals surface area contributed by atoms with Crippen molar-refractivity contribution in [3.05, 3.63) is 63.6 Å². The molecule has 1 aliphatic rings. The van der Waals surface area contributed by atoms with E-state index in [1.54, 1.807) is 19.3 Å². The van der Waals surface area contributed by atoms with Crippen LogP contribution in [0.4, 0.5) is 14.7 Å². The normalized spacial score (nSPS) is 14.6. The predicted octanol–water partition coefficient (Wildman–Crippen LogP) is 3.21. The molecule has 3 heterocycles. The lowest BCUT2D eigenvalue weighted by Crippen LogP contribution is -2.29. The van der Waals surface area contributed by atoms with Gasteiger partial charge in [-0.2, -0.15) is 4.98 Å². The lowest BCUT2D eigenvalue weighted by molar-refractivity contribution is 0.0903. The van der Waals surface area contributed by atoms with Gasteiger partial charge in [-0.25, -0.2) is 13.8 Å². The lowest BCUT2D eigenvalue weighted by atomic mass is 10.0. The van der Waals surface area contributed by atoms with E-state index < -0.39 is 11.6 Å². The van der Waals surface area contributed by atoms with Crippen molar-refractivity contribution in [2.75, 3.05) is 18.5 Å². The minimum absolute atomic E-state index is 0. The van der Waals surface area contributed by atoms with Gasteiger partial charge in [-0.15, -0.1) is 12.4 Å². The highest BCUT2D eigenvalue weighted by atomic mass is 35.5. The van der Waals surface area contributed by atoms with Gasteiger partial charge in [0.2, 0.25) is 5.95 Å². The van der Waals surface area contributed by atoms with E-state index in [1.165, 1.54) is 16.7 Å². The lowest BCUT2D eigenvalue weighted by Gasteiger charge is -2.23. The van der Waals surface area contributed by atoms with Gasteiger partial charge < -0.3 is 10.1 Å². The van der Waals surface area contributed by atoms with Gasteiger partial charge in [0, 0.05) is 55.9 Å². The molecule has 0 aliphatic carbocycles. The van der Waals surface area contributed by atoms with E-state index in [9.17, 15) is 13.6 Å². The van der Waals surface area contributed by atoms with Gasteiger partial charge in [-0.1, -0.05) is 6.07 Å². The third kappa shape index (κ3) is 4.54. The molecule has 29 heavy (non-hydrogen) atoms. The maximum atomic E-state index is 14.0. The van der Waals surface area contributed by atoms with Gasteiger partial charge in [0.15, 0.2) is 0 Å². The molecular weight excluding hydrogens is 402 g/mol. The van der Waals surface area contributed by atoms with E-state index in [1.807, 2.05) is 0 Å². The van der Waals surface area contributed by atoms with Crippen LogP contribution in [0.2, 0.25) is 0 Å². The summed E-state index contributed by atoms with van der Waals surface area (Å²) in [5.41, 5.74) is 0.885. The third-order valence-corrected chi connectivity index (χ3v) is 4.97. The van der Waals surface area contributed by atoms with Crippen LogP contribution in [0.5, 0.6) is 0 Å². The van der Waals surface area contributed by atoms with E-state index in [0.717, 1.165) is 18.9 Å². The standard InChI is InChI=1S/C20H20F2N4O2.ClH/c1-26-18-14(11-23-20(25-18)24-16-4-6-28-7-5-16)9-13(19(26)27)8-12-2-3-15(21)10-17(12)22;/h2-3,9-11,16H,4-8H2,1H3,(H,23,24,25);1H. The molecule has 1 saturated heterocycles. The quantitative estimate of drug-likeness (QED) is 0.699. The van der Waals surface area contributed by atoms with Crippen molar-refractivity contribution < 1.29 is 13.5 Å². The zero-order chi connectivity index (χ0) is 19.7. The molecule has 0 saturated carbocycles. The molecule has 0 amide bonds. The van der Waals surface area contributed by atoms with Crippen molar-refractivity contribution in [3.63, 3.8) is 0 Å². The maximum absolute atomic E-state index is 14.0. The van der Waals surface area contributed by atoms with Gasteiger partial charge in [-0.3, -0.25) is 9.36 Å². The minimum Gasteiger partial charge on any atom is -0.381 e. The summed E-state index contributed by atoms with van der Waals surface area (Å²) in [5.74, 6) is -0.855. The van der Waals surface area contributed by atoms with Crippen LogP contribution < -0.4 is 10.9 Å². The number of rotatable bonds is 4. The van der Waals surface area contributed by atoms with E-state index in [-0.39, 0.29) is 36.0 Å². The number of anilines is 1. The molecule has 4 rings (SSSR count). The molecule has 1 aromatic carbocycles. The molecule has 3 aromatic rings. The van der Waals surface area contributed by atoms with Crippen LogP contribution in [0.3, 0.4) is 0 Å². The second kappa shape index (κ2) is 8.84. The Morgan fingerprint density at radius 3 is 2.69 bits per heavy atom. The van der Waals surface area contributed by atoms with Gasteiger partial charge in [0.25, 0.3) is 5.56 Å². The molecule has 0 bridgehead atoms. The van der Waals surface area contributed by atoms with Crippen LogP contribution in [0.15, 0.2) is 35.3 Å². The van der Waals surface area contributed by atoms with Crippen molar-refractivity contribution in [1.29, 1.82) is 0 Å². The van der Waals surface area contributed by atoms with E-state index in [4.69, 9.17) is 4.74 Å². The number of halogens is 3. The molecule has 154 valence electrons. The second-order valence-electron chi connectivity index (χ2n) is 6.95. The fourth-order valence-electron chi connectivity index (χ4n) is 3.40. The van der Waals surface area contributed by atoms with Crippen LogP contribution in [-0.4, -0.2) is 33.8 Å². The molecule has 0 atom stereocenters. The molecule has 1 fully saturated rings. The summed E-state index contributed by atoms with van der Waals surface area (Å²) >= 11 is 0. The van der Waals surface area contributed by atoms with E-state index >= 15 is 0 Å². The summed E-state index contributed by atoms with van der Waals surface area (Å²) in [7, 11) is 1.63. The van der Waals surface area contributed by atoms with Gasteiger partial charge in [0.05, 0.1) is 0 Å². The number of hydrogen-bond acceptors (Lipinski definition) is 5. The van der Waals surface area contributed by atoms with E-state index in [0.29, 0.717) is 35.8 Å². The number of pyridine rings is 1. The van der Waals surface area contributed by atoms with Crippen molar-refractivity contribution in [3.8, 4) is 0 Å². The second-order valence-corrected chi connectivity index (χ2v) is 6.95. The fraction of sp³-hybridized carbons (Fsp3) is 0.350. The number of aryl methyl sites for hydroxylation is 1. The molecule has 1 aliphatic heterocycles. The molecule has 9 heteroatoms. The third-order valence-electron chi connectivity index (χ3n) is 4.97. The summed E-state index contributed by atoms with van der Waals surface area (Å²) in [6.45, 7) is 1.40. The van der Waals surface area contributed by atoms with Crippen LogP contribution in [0.1, 0.15) is 24.0 Å². The van der Waals surface area contributed by atoms with Crippen molar-refractivity contribution >= 4 is 29.4 Å². The molecular formula is C20H21ClF2N4O2. The molecule has 6 nitrogen and oxygen atoms in total. The highest BCUT2D eigenvalue weighted by Crippen LogP contribution is 2.18. The topological polar surface area (TPSA) is 69.0 Å². The molecule has 2 aromatic heterocycles. The smallest absolute Gasteiger partial charge is 0.255 e. The Morgan fingerprint density at radius 2 is 1.97 bits per heavy atom. The number of fused-ring (bicyclic) bond motifs is 1. The number of nitrogens with one attached hydrogen (secondary N) is 1. The van der Waals surface area contributed by atoms with Crippen molar-refractivity contribution in [2.45, 2.75) is 25.3 Å². The highest BCUT2D eigenvalue weighted by Gasteiger charge is 2.16. The monoisotopic (exact) mass is 422 g/mol. The summed E-state index contributed by atoms with van der Waals surface area (Å²) in [5, 5.41) is 3.96. The van der Waals surface area contributed by atoms with Gasteiger partial charge in [-0.05, 0) is 30.5 Å². The van der Waals surface area contributed by atoms with Crippen LogP contribution in [0, 0.1) is 11.6 Å². The van der Waals surface area contributed by atoms with Crippen molar-refractivity contribution in [2.24, 2.45) is 7.05 Å². The number of benzene rings is 1. The number of hydrogen-bond donors (Lipinski definition) is 1. The molecule has 0 radical (unpaired) electrons. The Hall–Kier alpha value is -2.58. The van der Waals surface area contributed by atoms with Gasteiger partial charge >= 0.3 is 0 Å². The van der Waals surface area contributed by atoms with Crippen LogP contribution in [0.25, 0.3) is 11.0 Å². The Labute approximate surface area is 172 Å². The first-order chi connectivity index (χ1) is 13.5.